The van der Waals surface area contributed by atoms with Crippen molar-refractivity contribution < 1.29 is 64.6 Å². The molecule has 120 valence electrons. The second-order valence-corrected chi connectivity index (χ2v) is 9.39. The van der Waals surface area contributed by atoms with Crippen LogP contribution in [0.4, 0.5) is 24.0 Å². The Bertz CT molecular complexity index is 382. The minimum atomic E-state index is -8.13. The van der Waals surface area contributed by atoms with Gasteiger partial charge in [-0.3, -0.25) is 0 Å². The molecule has 0 saturated heterocycles. The molecule has 0 aliphatic carbocycles. The average Bonchev–Trinajstić information content (AvgIpc) is 2.07. The fourth-order valence-electron chi connectivity index (χ4n) is 0.824. The molecule has 0 saturated carbocycles. The summed E-state index contributed by atoms with van der Waals surface area (Å²) in [6.07, 6.45) is -13.0. The van der Waals surface area contributed by atoms with E-state index in [0.29, 0.717) is 0 Å². The Morgan fingerprint density at radius 3 is 0.714 bits per heavy atom. The van der Waals surface area contributed by atoms with E-state index in [2.05, 4.69) is 15.1 Å². The van der Waals surface area contributed by atoms with E-state index in [1.807, 2.05) is 0 Å². The van der Waals surface area contributed by atoms with Crippen molar-refractivity contribution in [2.45, 2.75) is 0 Å². The van der Waals surface area contributed by atoms with E-state index in [1.165, 1.54) is 0 Å². The quantitative estimate of drug-likeness (QED) is 0.372. The van der Waals surface area contributed by atoms with Crippen LogP contribution in [0.5, 0.6) is 0 Å². The van der Waals surface area contributed by atoms with Gasteiger partial charge in [0.15, 0.2) is 0 Å². The average molecular weight is 427 g/mol. The van der Waals surface area contributed by atoms with Crippen molar-refractivity contribution in [2.75, 3.05) is 0 Å². The molecule has 0 fully saturated rings. The van der Waals surface area contributed by atoms with Gasteiger partial charge < -0.3 is 0 Å². The predicted octanol–water partition coefficient (Wildman–Crippen LogP) is 0.346. The van der Waals surface area contributed by atoms with Crippen LogP contribution < -0.4 is 0 Å². The standard InChI is InChI=1S/5CH2O3.Sb/c5*2-1(3)4;/h5*(H2,2,3,4);/q;;;;;+5/p-5. The van der Waals surface area contributed by atoms with E-state index in [1.54, 1.807) is 0 Å². The third kappa shape index (κ3) is 5.35. The van der Waals surface area contributed by atoms with Gasteiger partial charge in [-0.15, -0.1) is 0 Å². The predicted molar refractivity (Wildman–Crippen MR) is 51.3 cm³/mol. The van der Waals surface area contributed by atoms with Crippen LogP contribution in [-0.2, 0) is 15.1 Å². The first-order chi connectivity index (χ1) is 9.40. The van der Waals surface area contributed by atoms with Gasteiger partial charge in [-0.25, -0.2) is 0 Å². The fraction of sp³-hybridized carbons (Fsp3) is 0. The molecule has 0 rings (SSSR count). The summed E-state index contributed by atoms with van der Waals surface area (Å²) in [5.41, 5.74) is 0. The van der Waals surface area contributed by atoms with Crippen molar-refractivity contribution in [2.24, 2.45) is 0 Å². The van der Waals surface area contributed by atoms with E-state index >= 15 is 0 Å². The van der Waals surface area contributed by atoms with Crippen molar-refractivity contribution in [3.05, 3.63) is 0 Å². The van der Waals surface area contributed by atoms with Crippen LogP contribution in [0, 0.1) is 0 Å². The summed E-state index contributed by atoms with van der Waals surface area (Å²) in [5, 5.41) is 42.0. The molecule has 0 aromatic heterocycles. The molecule has 21 heavy (non-hydrogen) atoms. The minimum absolute atomic E-state index is 2.60. The van der Waals surface area contributed by atoms with Crippen molar-refractivity contribution in [1.29, 1.82) is 0 Å². The monoisotopic (exact) mass is 426 g/mol. The second kappa shape index (κ2) is 6.08. The van der Waals surface area contributed by atoms with Crippen LogP contribution in [0.15, 0.2) is 0 Å². The summed E-state index contributed by atoms with van der Waals surface area (Å²) in [4.78, 5) is 52.4. The zero-order chi connectivity index (χ0) is 16.9. The first-order valence-electron chi connectivity index (χ1n) is 4.07. The molecule has 16 heteroatoms. The summed E-state index contributed by atoms with van der Waals surface area (Å²) in [5.74, 6) is 0. The van der Waals surface area contributed by atoms with Crippen LogP contribution in [0.2, 0.25) is 0 Å². The Kier molecular flexibility index (Phi) is 5.26. The van der Waals surface area contributed by atoms with Crippen molar-refractivity contribution >= 4 is 50.3 Å². The SMILES string of the molecule is O=C(O)[O][Sb]([O]C(=O)O)([O]C(=O)O)([O]C(=O)O)[O]C(=O)O. The van der Waals surface area contributed by atoms with Gasteiger partial charge in [0.05, 0.1) is 0 Å². The van der Waals surface area contributed by atoms with Crippen LogP contribution in [0.1, 0.15) is 0 Å². The topological polar surface area (TPSA) is 233 Å². The Morgan fingerprint density at radius 2 is 0.619 bits per heavy atom. The maximum atomic E-state index is 10.5. The van der Waals surface area contributed by atoms with Gasteiger partial charge >= 0.3 is 115 Å². The molecule has 15 nitrogen and oxygen atoms in total. The van der Waals surface area contributed by atoms with Gasteiger partial charge in [0.1, 0.15) is 0 Å². The van der Waals surface area contributed by atoms with E-state index < -0.39 is 50.3 Å². The Labute approximate surface area is 115 Å². The number of rotatable bonds is 5. The first kappa shape index (κ1) is 18.2. The molecule has 0 atom stereocenters. The van der Waals surface area contributed by atoms with Gasteiger partial charge in [-0.05, 0) is 0 Å². The van der Waals surface area contributed by atoms with Crippen molar-refractivity contribution in [1.82, 2.24) is 0 Å². The number of hydrogen-bond acceptors (Lipinski definition) is 10. The molecule has 0 aliphatic rings. The molecular weight excluding hydrogens is 422 g/mol. The Balaban J connectivity index is 6.25. The molecule has 0 aromatic rings. The van der Waals surface area contributed by atoms with E-state index in [0.717, 1.165) is 0 Å². The molecule has 0 bridgehead atoms. The molecule has 0 amide bonds. The zero-order valence-corrected chi connectivity index (χ0v) is 11.8. The van der Waals surface area contributed by atoms with Gasteiger partial charge in [-0.1, -0.05) is 0 Å². The number of carboxylic acid groups (broad SMARTS) is 5. The molecule has 0 aromatic carbocycles. The van der Waals surface area contributed by atoms with Crippen LogP contribution in [0.3, 0.4) is 0 Å². The van der Waals surface area contributed by atoms with Gasteiger partial charge in [0, 0.05) is 0 Å². The zero-order valence-electron chi connectivity index (χ0n) is 9.27. The summed E-state index contributed by atoms with van der Waals surface area (Å²) < 4.78 is 17.9. The number of carbonyl (C=O) groups is 5. The van der Waals surface area contributed by atoms with Gasteiger partial charge in [0.25, 0.3) is 0 Å². The van der Waals surface area contributed by atoms with Crippen LogP contribution >= 0.6 is 0 Å². The summed E-state index contributed by atoms with van der Waals surface area (Å²) in [6, 6.07) is 0. The van der Waals surface area contributed by atoms with Crippen LogP contribution in [-0.4, -0.2) is 75.8 Å². The normalized spacial score (nSPS) is 11.9. The molecule has 0 aliphatic heterocycles. The molecule has 0 unspecified atom stereocenters. The first-order valence-corrected chi connectivity index (χ1v) is 9.28. The van der Waals surface area contributed by atoms with Crippen molar-refractivity contribution in [3.8, 4) is 0 Å². The second-order valence-electron chi connectivity index (χ2n) is 2.53. The molecular formula is C5H5O15Sb. The van der Waals surface area contributed by atoms with Crippen LogP contribution in [0.25, 0.3) is 0 Å². The molecule has 0 heterocycles. The van der Waals surface area contributed by atoms with Gasteiger partial charge in [-0.2, -0.15) is 0 Å². The fourth-order valence-corrected chi connectivity index (χ4v) is 5.53. The van der Waals surface area contributed by atoms with E-state index in [-0.39, 0.29) is 0 Å². The summed E-state index contributed by atoms with van der Waals surface area (Å²) >= 11 is -8.13. The molecule has 0 radical (unpaired) electrons. The van der Waals surface area contributed by atoms with E-state index in [9.17, 15) is 24.0 Å². The summed E-state index contributed by atoms with van der Waals surface area (Å²) in [6.45, 7) is 0. The van der Waals surface area contributed by atoms with E-state index in [4.69, 9.17) is 25.5 Å². The Hall–Kier alpha value is -2.83. The maximum absolute atomic E-state index is 10.5. The third-order valence-corrected chi connectivity index (χ3v) is 7.62. The molecule has 0 spiro atoms. The van der Waals surface area contributed by atoms with Crippen molar-refractivity contribution in [3.63, 3.8) is 0 Å². The summed E-state index contributed by atoms with van der Waals surface area (Å²) in [7, 11) is 0. The third-order valence-electron chi connectivity index (χ3n) is 1.14. The number of hydrogen-bond donors (Lipinski definition) is 5. The van der Waals surface area contributed by atoms with Gasteiger partial charge in [0.2, 0.25) is 0 Å². The molecule has 5 N–H and O–H groups in total. The Morgan fingerprint density at radius 1 is 0.476 bits per heavy atom.